The van der Waals surface area contributed by atoms with Gasteiger partial charge in [-0.1, -0.05) is 24.9 Å². The molecule has 130 valence electrons. The lowest BCUT2D eigenvalue weighted by Crippen LogP contribution is -2.19. The highest BCUT2D eigenvalue weighted by molar-refractivity contribution is 6.30. The van der Waals surface area contributed by atoms with Gasteiger partial charge in [-0.2, -0.15) is 0 Å². The molecule has 0 heterocycles. The van der Waals surface area contributed by atoms with Gasteiger partial charge in [0.05, 0.1) is 0 Å². The van der Waals surface area contributed by atoms with Crippen LogP contribution in [0.2, 0.25) is 5.02 Å². The first-order chi connectivity index (χ1) is 11.6. The fraction of sp³-hybridized carbons (Fsp3) is 0.400. The van der Waals surface area contributed by atoms with Crippen LogP contribution in [0.1, 0.15) is 32.3 Å². The zero-order valence-corrected chi connectivity index (χ0v) is 15.2. The fourth-order valence-corrected chi connectivity index (χ4v) is 3.29. The lowest BCUT2D eigenvalue weighted by molar-refractivity contribution is 0.475. The summed E-state index contributed by atoms with van der Waals surface area (Å²) < 4.78 is 13.2. The Bertz CT molecular complexity index is 643. The van der Waals surface area contributed by atoms with Crippen LogP contribution >= 0.6 is 11.6 Å². The Hall–Kier alpha value is -1.58. The summed E-state index contributed by atoms with van der Waals surface area (Å²) in [7, 11) is 0. The second kappa shape index (κ2) is 9.05. The van der Waals surface area contributed by atoms with Crippen molar-refractivity contribution in [3.8, 4) is 0 Å². The SMILES string of the molecule is CCC(CCN)Cc1cc(Cl)ccc1N(CC)c1ccc(F)cc1. The third-order valence-corrected chi connectivity index (χ3v) is 4.68. The van der Waals surface area contributed by atoms with Crippen LogP contribution in [0.3, 0.4) is 0 Å². The molecule has 0 saturated carbocycles. The van der Waals surface area contributed by atoms with E-state index in [1.54, 1.807) is 0 Å². The molecule has 0 radical (unpaired) electrons. The van der Waals surface area contributed by atoms with E-state index in [0.717, 1.165) is 42.2 Å². The number of hydrogen-bond acceptors (Lipinski definition) is 2. The summed E-state index contributed by atoms with van der Waals surface area (Å²) in [6.07, 6.45) is 3.04. The molecule has 2 aromatic rings. The molecule has 1 unspecified atom stereocenters. The number of benzene rings is 2. The standard InChI is InChI=1S/C20H26ClFN2/c1-3-15(11-12-23)13-16-14-17(21)5-10-20(16)24(4-2)19-8-6-18(22)7-9-19/h5-10,14-15H,3-4,11-13,23H2,1-2H3. The minimum atomic E-state index is -0.222. The van der Waals surface area contributed by atoms with Gasteiger partial charge in [0.15, 0.2) is 0 Å². The maximum atomic E-state index is 13.2. The van der Waals surface area contributed by atoms with Gasteiger partial charge < -0.3 is 10.6 Å². The van der Waals surface area contributed by atoms with E-state index in [1.165, 1.54) is 17.7 Å². The molecular formula is C20H26ClFN2. The van der Waals surface area contributed by atoms with Gasteiger partial charge >= 0.3 is 0 Å². The molecule has 24 heavy (non-hydrogen) atoms. The predicted molar refractivity (Wildman–Crippen MR) is 102 cm³/mol. The monoisotopic (exact) mass is 348 g/mol. The molecule has 0 amide bonds. The topological polar surface area (TPSA) is 29.3 Å². The highest BCUT2D eigenvalue weighted by Gasteiger charge is 2.16. The summed E-state index contributed by atoms with van der Waals surface area (Å²) in [6.45, 7) is 5.79. The minimum Gasteiger partial charge on any atom is -0.342 e. The molecule has 2 nitrogen and oxygen atoms in total. The van der Waals surface area contributed by atoms with Crippen LogP contribution in [0, 0.1) is 11.7 Å². The Morgan fingerprint density at radius 3 is 2.42 bits per heavy atom. The molecule has 2 aromatic carbocycles. The van der Waals surface area contributed by atoms with Gasteiger partial charge in [-0.15, -0.1) is 0 Å². The van der Waals surface area contributed by atoms with Crippen LogP contribution in [0.15, 0.2) is 42.5 Å². The van der Waals surface area contributed by atoms with Crippen LogP contribution in [0.4, 0.5) is 15.8 Å². The van der Waals surface area contributed by atoms with Crippen molar-refractivity contribution in [3.05, 3.63) is 58.9 Å². The molecular weight excluding hydrogens is 323 g/mol. The van der Waals surface area contributed by atoms with Gasteiger partial charge in [-0.25, -0.2) is 4.39 Å². The van der Waals surface area contributed by atoms with Crippen LogP contribution in [-0.4, -0.2) is 13.1 Å². The summed E-state index contributed by atoms with van der Waals surface area (Å²) in [5, 5.41) is 0.742. The summed E-state index contributed by atoms with van der Waals surface area (Å²) in [5.41, 5.74) is 9.07. The van der Waals surface area contributed by atoms with Crippen molar-refractivity contribution in [2.75, 3.05) is 18.0 Å². The first-order valence-electron chi connectivity index (χ1n) is 8.60. The maximum absolute atomic E-state index is 13.2. The summed E-state index contributed by atoms with van der Waals surface area (Å²) in [6, 6.07) is 12.6. The molecule has 0 fully saturated rings. The Balaban J connectivity index is 2.38. The van der Waals surface area contributed by atoms with E-state index in [2.05, 4.69) is 24.8 Å². The molecule has 0 aliphatic heterocycles. The molecule has 0 bridgehead atoms. The van der Waals surface area contributed by atoms with Gasteiger partial charge in [0, 0.05) is 22.9 Å². The second-order valence-corrected chi connectivity index (χ2v) is 6.49. The summed E-state index contributed by atoms with van der Waals surface area (Å²) >= 11 is 6.24. The summed E-state index contributed by atoms with van der Waals surface area (Å²) in [4.78, 5) is 2.19. The van der Waals surface area contributed by atoms with Crippen molar-refractivity contribution in [3.63, 3.8) is 0 Å². The van der Waals surface area contributed by atoms with Crippen molar-refractivity contribution < 1.29 is 4.39 Å². The number of halogens is 2. The van der Waals surface area contributed by atoms with E-state index in [-0.39, 0.29) is 5.82 Å². The smallest absolute Gasteiger partial charge is 0.123 e. The number of hydrogen-bond donors (Lipinski definition) is 1. The number of anilines is 2. The number of nitrogens with zero attached hydrogens (tertiary/aromatic N) is 1. The van der Waals surface area contributed by atoms with Gasteiger partial charge in [0.25, 0.3) is 0 Å². The normalized spacial score (nSPS) is 12.2. The van der Waals surface area contributed by atoms with Gasteiger partial charge in [0.1, 0.15) is 5.82 Å². The zero-order chi connectivity index (χ0) is 17.5. The van der Waals surface area contributed by atoms with E-state index < -0.39 is 0 Å². The van der Waals surface area contributed by atoms with Crippen LogP contribution < -0.4 is 10.6 Å². The Morgan fingerprint density at radius 1 is 1.12 bits per heavy atom. The van der Waals surface area contributed by atoms with Gasteiger partial charge in [-0.3, -0.25) is 0 Å². The van der Waals surface area contributed by atoms with Gasteiger partial charge in [-0.05, 0) is 80.3 Å². The average molecular weight is 349 g/mol. The van der Waals surface area contributed by atoms with Crippen LogP contribution in [-0.2, 0) is 6.42 Å². The fourth-order valence-electron chi connectivity index (χ4n) is 3.09. The molecule has 0 spiro atoms. The molecule has 0 aliphatic rings. The molecule has 0 aliphatic carbocycles. The van der Waals surface area contributed by atoms with E-state index >= 15 is 0 Å². The van der Waals surface area contributed by atoms with Crippen molar-refractivity contribution in [2.24, 2.45) is 11.7 Å². The molecule has 0 saturated heterocycles. The second-order valence-electron chi connectivity index (χ2n) is 6.05. The Labute approximate surface area is 149 Å². The average Bonchev–Trinajstić information content (AvgIpc) is 2.58. The zero-order valence-electron chi connectivity index (χ0n) is 14.4. The largest absolute Gasteiger partial charge is 0.342 e. The van der Waals surface area contributed by atoms with Crippen LogP contribution in [0.25, 0.3) is 0 Å². The van der Waals surface area contributed by atoms with Crippen molar-refractivity contribution >= 4 is 23.0 Å². The summed E-state index contributed by atoms with van der Waals surface area (Å²) in [5.74, 6) is 0.319. The number of rotatable bonds is 8. The Kier molecular flexibility index (Phi) is 7.07. The molecule has 2 N–H and O–H groups in total. The third kappa shape index (κ3) is 4.71. The van der Waals surface area contributed by atoms with E-state index in [4.69, 9.17) is 17.3 Å². The quantitative estimate of drug-likeness (QED) is 0.677. The van der Waals surface area contributed by atoms with E-state index in [0.29, 0.717) is 12.5 Å². The molecule has 0 aromatic heterocycles. The Morgan fingerprint density at radius 2 is 1.83 bits per heavy atom. The van der Waals surface area contributed by atoms with Crippen LogP contribution in [0.5, 0.6) is 0 Å². The van der Waals surface area contributed by atoms with E-state index in [9.17, 15) is 4.39 Å². The first-order valence-corrected chi connectivity index (χ1v) is 8.98. The number of nitrogens with two attached hydrogens (primary N) is 1. The molecule has 1 atom stereocenters. The minimum absolute atomic E-state index is 0.222. The highest BCUT2D eigenvalue weighted by atomic mass is 35.5. The lowest BCUT2D eigenvalue weighted by Gasteiger charge is -2.27. The lowest BCUT2D eigenvalue weighted by atomic mass is 9.92. The third-order valence-electron chi connectivity index (χ3n) is 4.45. The van der Waals surface area contributed by atoms with Gasteiger partial charge in [0.2, 0.25) is 0 Å². The van der Waals surface area contributed by atoms with Crippen molar-refractivity contribution in [1.29, 1.82) is 0 Å². The molecule has 4 heteroatoms. The molecule has 2 rings (SSSR count). The maximum Gasteiger partial charge on any atom is 0.123 e. The first kappa shape index (κ1) is 18.8. The van der Waals surface area contributed by atoms with Crippen molar-refractivity contribution in [2.45, 2.75) is 33.1 Å². The highest BCUT2D eigenvalue weighted by Crippen LogP contribution is 2.33. The predicted octanol–water partition coefficient (Wildman–Crippen LogP) is 5.55. The van der Waals surface area contributed by atoms with E-state index in [1.807, 2.05) is 24.3 Å². The van der Waals surface area contributed by atoms with Crippen molar-refractivity contribution in [1.82, 2.24) is 0 Å².